The van der Waals surface area contributed by atoms with E-state index in [4.69, 9.17) is 28.4 Å². The van der Waals surface area contributed by atoms with E-state index in [2.05, 4.69) is 51.8 Å². The second-order valence-electron chi connectivity index (χ2n) is 17.6. The van der Waals surface area contributed by atoms with Crippen LogP contribution in [0.3, 0.4) is 0 Å². The number of methoxy groups -OCH3 is 2. The van der Waals surface area contributed by atoms with E-state index in [1.54, 1.807) is 42.2 Å². The van der Waals surface area contributed by atoms with Crippen molar-refractivity contribution in [3.63, 3.8) is 0 Å². The molecule has 4 aliphatic heterocycles. The lowest BCUT2D eigenvalue weighted by atomic mass is 9.68. The van der Waals surface area contributed by atoms with Crippen molar-refractivity contribution in [2.75, 3.05) is 46.4 Å². The zero-order valence-corrected chi connectivity index (χ0v) is 38.5. The van der Waals surface area contributed by atoms with Crippen molar-refractivity contribution in [3.8, 4) is 23.4 Å². The maximum absolute atomic E-state index is 17.0. The lowest BCUT2D eigenvalue weighted by molar-refractivity contribution is -0.177. The Labute approximate surface area is 395 Å². The molecule has 68 heavy (non-hydrogen) atoms. The molecule has 0 aliphatic carbocycles. The highest BCUT2D eigenvalue weighted by molar-refractivity contribution is 7.99. The van der Waals surface area contributed by atoms with Gasteiger partial charge in [-0.15, -0.1) is 16.9 Å². The third-order valence-corrected chi connectivity index (χ3v) is 14.3. The molecule has 4 aliphatic rings. The Bertz CT molecular complexity index is 2770. The SMILES string of the molecule is COc1ccc2ncc(F)c(C[C@@](O)(C(c3c(F)cnc4ccc(OC)nc34)C(O)[C@@H]3CC[C@@H](NCc4cc5c(nn4)OCCS5)CO3)[C@@H]3CC[C@@H](NCc4cc5c(cn4)OCCC5)CO3)c2n1. The number of aliphatic hydroxyl groups excluding tert-OH is 1. The lowest BCUT2D eigenvalue weighted by Gasteiger charge is -2.48. The molecule has 7 atom stereocenters. The summed E-state index contributed by atoms with van der Waals surface area (Å²) >= 11 is 1.67. The van der Waals surface area contributed by atoms with Gasteiger partial charge in [0.2, 0.25) is 17.6 Å². The number of hydrogen-bond acceptors (Lipinski definition) is 18. The quantitative estimate of drug-likeness (QED) is 0.107. The number of halogens is 2. The maximum Gasteiger partial charge on any atom is 0.247 e. The number of rotatable bonds is 15. The second-order valence-corrected chi connectivity index (χ2v) is 18.8. The van der Waals surface area contributed by atoms with E-state index in [0.717, 1.165) is 58.6 Å². The first-order valence-electron chi connectivity index (χ1n) is 23.0. The fraction of sp³-hybridized carbons (Fsp3) is 0.479. The summed E-state index contributed by atoms with van der Waals surface area (Å²) in [4.78, 5) is 23.4. The number of aromatic nitrogens is 7. The van der Waals surface area contributed by atoms with E-state index >= 15 is 8.78 Å². The minimum Gasteiger partial charge on any atom is -0.492 e. The van der Waals surface area contributed by atoms with Crippen LogP contribution in [0.25, 0.3) is 22.1 Å². The number of aliphatic hydroxyl groups is 2. The van der Waals surface area contributed by atoms with Gasteiger partial charge < -0.3 is 49.3 Å². The first-order valence-corrected chi connectivity index (χ1v) is 24.0. The molecule has 2 fully saturated rings. The zero-order valence-electron chi connectivity index (χ0n) is 37.7. The molecule has 2 saturated heterocycles. The van der Waals surface area contributed by atoms with Crippen LogP contribution in [0.15, 0.2) is 59.9 Å². The van der Waals surface area contributed by atoms with Crippen molar-refractivity contribution in [1.29, 1.82) is 0 Å². The van der Waals surface area contributed by atoms with Crippen LogP contribution in [0, 0.1) is 11.6 Å². The summed E-state index contributed by atoms with van der Waals surface area (Å²) in [5.41, 5.74) is 1.11. The van der Waals surface area contributed by atoms with Gasteiger partial charge in [-0.1, -0.05) is 0 Å². The van der Waals surface area contributed by atoms with E-state index < -0.39 is 47.9 Å². The minimum atomic E-state index is -2.25. The first-order chi connectivity index (χ1) is 33.2. The topological polar surface area (TPSA) is 210 Å². The van der Waals surface area contributed by atoms with Gasteiger partial charge in [-0.05, 0) is 68.4 Å². The zero-order chi connectivity index (χ0) is 46.8. The molecule has 17 nitrogen and oxygen atoms in total. The number of aryl methyl sites for hydroxylation is 1. The van der Waals surface area contributed by atoms with E-state index in [9.17, 15) is 10.2 Å². The number of thioether (sulfide) groups is 1. The van der Waals surface area contributed by atoms with Crippen LogP contribution >= 0.6 is 11.8 Å². The van der Waals surface area contributed by atoms with Crippen molar-refractivity contribution in [2.45, 2.75) is 105 Å². The molecule has 20 heteroatoms. The van der Waals surface area contributed by atoms with Crippen molar-refractivity contribution in [1.82, 2.24) is 45.8 Å². The Hall–Kier alpha value is -5.48. The van der Waals surface area contributed by atoms with Crippen molar-refractivity contribution < 1.29 is 47.4 Å². The van der Waals surface area contributed by atoms with Crippen LogP contribution in [0.1, 0.15) is 66.1 Å². The van der Waals surface area contributed by atoms with Crippen LogP contribution < -0.4 is 29.6 Å². The molecule has 4 N–H and O–H groups in total. The van der Waals surface area contributed by atoms with Gasteiger partial charge in [0.25, 0.3) is 0 Å². The molecule has 10 rings (SSSR count). The smallest absolute Gasteiger partial charge is 0.247 e. The van der Waals surface area contributed by atoms with Crippen molar-refractivity contribution in [2.24, 2.45) is 0 Å². The fourth-order valence-electron chi connectivity index (χ4n) is 9.84. The van der Waals surface area contributed by atoms with Gasteiger partial charge in [0.15, 0.2) is 0 Å². The number of ether oxygens (including phenoxy) is 6. The van der Waals surface area contributed by atoms with Gasteiger partial charge in [0.05, 0.1) is 116 Å². The average molecular weight is 954 g/mol. The molecule has 2 unspecified atom stereocenters. The molecule has 0 saturated carbocycles. The summed E-state index contributed by atoms with van der Waals surface area (Å²) in [6.45, 7) is 2.46. The minimum absolute atomic E-state index is 0.0201. The van der Waals surface area contributed by atoms with Gasteiger partial charge >= 0.3 is 0 Å². The molecule has 358 valence electrons. The highest BCUT2D eigenvalue weighted by Crippen LogP contribution is 2.46. The molecule has 6 aromatic heterocycles. The standard InChI is InChI=1S/C48H53F2N9O8S/c1-62-40-11-7-34-44(56-40)31(32(49)21-54-34)18-48(61,39-10-6-28(25-67-39)51-19-29-16-26-4-3-13-64-37(26)23-53-29)43(42-33(50)22-55-35-8-12-41(63-2)57-45(35)42)46(60)36-9-5-27(24-66-36)52-20-30-17-38-47(59-58-30)65-14-15-68-38/h7-8,11-12,16-17,21-23,27-28,36,39,43,46,51-52,60-61H,3-6,9-10,13-15,18-20,24-25H2,1-2H3/t27-,28-,36+,39+,43?,46?,48+/m1/s1. The Balaban J connectivity index is 0.987. The summed E-state index contributed by atoms with van der Waals surface area (Å²) < 4.78 is 69.0. The number of nitrogens with one attached hydrogen (secondary N) is 2. The Morgan fingerprint density at radius 1 is 0.809 bits per heavy atom. The van der Waals surface area contributed by atoms with Gasteiger partial charge in [0.1, 0.15) is 23.0 Å². The number of fused-ring (bicyclic) bond motifs is 4. The molecular weight excluding hydrogens is 901 g/mol. The monoisotopic (exact) mass is 953 g/mol. The molecule has 0 aromatic carbocycles. The maximum atomic E-state index is 17.0. The summed E-state index contributed by atoms with van der Waals surface area (Å²) in [6, 6.07) is 10.2. The predicted molar refractivity (Wildman–Crippen MR) is 245 cm³/mol. The molecule has 0 radical (unpaired) electrons. The number of nitrogens with zero attached hydrogens (tertiary/aromatic N) is 7. The molecule has 0 amide bonds. The van der Waals surface area contributed by atoms with Crippen LogP contribution in [-0.4, -0.2) is 128 Å². The largest absolute Gasteiger partial charge is 0.492 e. The summed E-state index contributed by atoms with van der Waals surface area (Å²) in [7, 11) is 2.88. The first kappa shape index (κ1) is 46.3. The molecular formula is C48H53F2N9O8S. The van der Waals surface area contributed by atoms with Gasteiger partial charge in [-0.25, -0.2) is 18.7 Å². The third kappa shape index (κ3) is 9.59. The average Bonchev–Trinajstić information content (AvgIpc) is 3.38. The van der Waals surface area contributed by atoms with Crippen molar-refractivity contribution in [3.05, 3.63) is 94.7 Å². The highest BCUT2D eigenvalue weighted by atomic mass is 32.2. The molecule has 0 spiro atoms. The van der Waals surface area contributed by atoms with Gasteiger partial charge in [-0.2, -0.15) is 5.10 Å². The van der Waals surface area contributed by atoms with Crippen molar-refractivity contribution >= 4 is 33.8 Å². The van der Waals surface area contributed by atoms with E-state index in [-0.39, 0.29) is 71.2 Å². The Kier molecular flexibility index (Phi) is 13.8. The lowest BCUT2D eigenvalue weighted by Crippen LogP contribution is -2.59. The van der Waals surface area contributed by atoms with Crippen LogP contribution in [-0.2, 0) is 35.4 Å². The van der Waals surface area contributed by atoms with E-state index in [0.29, 0.717) is 57.0 Å². The third-order valence-electron chi connectivity index (χ3n) is 13.4. The van der Waals surface area contributed by atoms with Gasteiger partial charge in [-0.3, -0.25) is 15.0 Å². The Morgan fingerprint density at radius 3 is 2.26 bits per heavy atom. The number of pyridine rings is 5. The van der Waals surface area contributed by atoms with E-state index in [1.165, 1.54) is 14.2 Å². The molecule has 10 heterocycles. The van der Waals surface area contributed by atoms with Gasteiger partial charge in [0, 0.05) is 66.5 Å². The van der Waals surface area contributed by atoms with E-state index in [1.807, 2.05) is 6.07 Å². The predicted octanol–water partition coefficient (Wildman–Crippen LogP) is 4.96. The highest BCUT2D eigenvalue weighted by Gasteiger charge is 2.54. The molecule has 6 aromatic rings. The summed E-state index contributed by atoms with van der Waals surface area (Å²) in [6.07, 6.45) is 3.27. The van der Waals surface area contributed by atoms with Crippen LogP contribution in [0.4, 0.5) is 8.78 Å². The summed E-state index contributed by atoms with van der Waals surface area (Å²) in [5.74, 6) is -0.623. The summed E-state index contributed by atoms with van der Waals surface area (Å²) in [5, 5.41) is 42.4. The Morgan fingerprint density at radius 2 is 1.53 bits per heavy atom. The van der Waals surface area contributed by atoms with Crippen LogP contribution in [0.5, 0.6) is 23.4 Å². The second kappa shape index (κ2) is 20.2. The van der Waals surface area contributed by atoms with Crippen LogP contribution in [0.2, 0.25) is 0 Å². The fourth-order valence-corrected chi connectivity index (χ4v) is 10.7. The number of hydrogen-bond donors (Lipinski definition) is 4. The molecule has 0 bridgehead atoms. The normalized spacial score (nSPS) is 22.3.